The summed E-state index contributed by atoms with van der Waals surface area (Å²) in [4.78, 5) is 52.6. The van der Waals surface area contributed by atoms with E-state index in [0.717, 1.165) is 44.9 Å². The molecule has 0 aliphatic carbocycles. The smallest absolute Gasteiger partial charge is 0.462 e. The Balaban J connectivity index is 4.79. The lowest BCUT2D eigenvalue weighted by Gasteiger charge is -2.20. The lowest BCUT2D eigenvalue weighted by molar-refractivity contribution is -0.161. The molecular formula is C46H74O14P2. The second-order valence-corrected chi connectivity index (χ2v) is 16.8. The number of phosphoric ester groups is 2. The molecule has 0 rings (SSSR count). The van der Waals surface area contributed by atoms with Crippen molar-refractivity contribution in [2.24, 2.45) is 0 Å². The lowest BCUT2D eigenvalue weighted by atomic mass is 10.1. The van der Waals surface area contributed by atoms with Crippen molar-refractivity contribution in [2.75, 3.05) is 26.4 Å². The van der Waals surface area contributed by atoms with E-state index in [1.807, 2.05) is 54.7 Å². The number of carbonyl (C=O) groups excluding carboxylic acids is 2. The predicted octanol–water partition coefficient (Wildman–Crippen LogP) is 10.1. The van der Waals surface area contributed by atoms with Gasteiger partial charge < -0.3 is 34.4 Å². The summed E-state index contributed by atoms with van der Waals surface area (Å²) in [6.45, 7) is 1.38. The van der Waals surface area contributed by atoms with Crippen LogP contribution in [0.4, 0.5) is 0 Å². The highest BCUT2D eigenvalue weighted by molar-refractivity contribution is 7.47. The fourth-order valence-electron chi connectivity index (χ4n) is 4.93. The van der Waals surface area contributed by atoms with Crippen molar-refractivity contribution in [1.29, 1.82) is 0 Å². The van der Waals surface area contributed by atoms with Crippen LogP contribution in [0.1, 0.15) is 123 Å². The van der Waals surface area contributed by atoms with Gasteiger partial charge in [0.15, 0.2) is 6.10 Å². The van der Waals surface area contributed by atoms with Gasteiger partial charge in [-0.1, -0.05) is 136 Å². The summed E-state index contributed by atoms with van der Waals surface area (Å²) in [5.41, 5.74) is 0. The maximum Gasteiger partial charge on any atom is 0.472 e. The van der Waals surface area contributed by atoms with Crippen molar-refractivity contribution in [2.45, 2.75) is 141 Å². The molecule has 0 aliphatic heterocycles. The zero-order chi connectivity index (χ0) is 46.0. The molecule has 0 saturated heterocycles. The van der Waals surface area contributed by atoms with Crippen LogP contribution in [0.2, 0.25) is 0 Å². The van der Waals surface area contributed by atoms with E-state index in [1.54, 1.807) is 6.08 Å². The Labute approximate surface area is 370 Å². The van der Waals surface area contributed by atoms with Gasteiger partial charge in [0.25, 0.3) is 0 Å². The molecule has 14 nitrogen and oxygen atoms in total. The molecule has 352 valence electrons. The van der Waals surface area contributed by atoms with Gasteiger partial charge in [0, 0.05) is 12.8 Å². The van der Waals surface area contributed by atoms with Gasteiger partial charge in [0.2, 0.25) is 0 Å². The van der Waals surface area contributed by atoms with Gasteiger partial charge in [-0.15, -0.1) is 0 Å². The van der Waals surface area contributed by atoms with E-state index < -0.39 is 72.3 Å². The number of aliphatic hydroxyl groups excluding tert-OH is 2. The number of phosphoric acid groups is 2. The first-order chi connectivity index (χ1) is 29.8. The van der Waals surface area contributed by atoms with Gasteiger partial charge in [0.1, 0.15) is 12.7 Å². The van der Waals surface area contributed by atoms with E-state index in [2.05, 4.69) is 71.5 Å². The molecule has 0 radical (unpaired) electrons. The maximum atomic E-state index is 12.6. The van der Waals surface area contributed by atoms with Gasteiger partial charge in [-0.3, -0.25) is 23.2 Å². The number of carbonyl (C=O) groups is 2. The third-order valence-electron chi connectivity index (χ3n) is 8.23. The number of ether oxygens (including phenoxy) is 2. The third kappa shape index (κ3) is 43.4. The van der Waals surface area contributed by atoms with E-state index in [4.69, 9.17) is 23.8 Å². The van der Waals surface area contributed by atoms with Crippen LogP contribution in [0, 0.1) is 0 Å². The Kier molecular flexibility index (Phi) is 38.4. The van der Waals surface area contributed by atoms with Crippen molar-refractivity contribution >= 4 is 27.6 Å². The van der Waals surface area contributed by atoms with Crippen LogP contribution in [0.3, 0.4) is 0 Å². The summed E-state index contributed by atoms with van der Waals surface area (Å²) in [6, 6.07) is 0. The molecule has 0 aromatic carbocycles. The van der Waals surface area contributed by atoms with Crippen molar-refractivity contribution < 1.29 is 66.7 Å². The molecule has 5 N–H and O–H groups in total. The third-order valence-corrected chi connectivity index (χ3v) is 9.67. The van der Waals surface area contributed by atoms with Crippen molar-refractivity contribution in [1.82, 2.24) is 0 Å². The van der Waals surface area contributed by atoms with Crippen molar-refractivity contribution in [3.8, 4) is 0 Å². The minimum absolute atomic E-state index is 0.0319. The molecule has 0 fully saturated rings. The van der Waals surface area contributed by atoms with Gasteiger partial charge >= 0.3 is 27.6 Å². The number of hydrogen-bond donors (Lipinski definition) is 5. The number of aliphatic hydroxyl groups is 2. The normalized spacial score (nSPS) is 15.5. The summed E-state index contributed by atoms with van der Waals surface area (Å²) >= 11 is 0. The highest BCUT2D eigenvalue weighted by Gasteiger charge is 2.28. The Hall–Kier alpha value is -3.26. The number of unbranched alkanes of at least 4 members (excludes halogenated alkanes) is 5. The second-order valence-electron chi connectivity index (χ2n) is 14.1. The molecule has 62 heavy (non-hydrogen) atoms. The van der Waals surface area contributed by atoms with Crippen LogP contribution in [0.5, 0.6) is 0 Å². The first-order valence-corrected chi connectivity index (χ1v) is 24.7. The monoisotopic (exact) mass is 912 g/mol. The molecular weight excluding hydrogens is 838 g/mol. The summed E-state index contributed by atoms with van der Waals surface area (Å²) in [6.07, 6.45) is 45.6. The highest BCUT2D eigenvalue weighted by atomic mass is 31.2. The Morgan fingerprint density at radius 3 is 1.69 bits per heavy atom. The van der Waals surface area contributed by atoms with Gasteiger partial charge in [0.05, 0.1) is 25.9 Å². The predicted molar refractivity (Wildman–Crippen MR) is 245 cm³/mol. The molecule has 0 aromatic heterocycles. The zero-order valence-electron chi connectivity index (χ0n) is 36.8. The molecule has 0 aliphatic rings. The van der Waals surface area contributed by atoms with Gasteiger partial charge in [-0.2, -0.15) is 0 Å². The van der Waals surface area contributed by atoms with E-state index in [1.165, 1.54) is 19.3 Å². The zero-order valence-corrected chi connectivity index (χ0v) is 38.6. The van der Waals surface area contributed by atoms with Crippen molar-refractivity contribution in [3.05, 3.63) is 109 Å². The molecule has 0 aromatic rings. The van der Waals surface area contributed by atoms with E-state index in [-0.39, 0.29) is 12.8 Å². The minimum Gasteiger partial charge on any atom is -0.462 e. The van der Waals surface area contributed by atoms with Crippen LogP contribution >= 0.6 is 15.6 Å². The molecule has 0 heterocycles. The summed E-state index contributed by atoms with van der Waals surface area (Å²) in [7, 11) is -9.74. The van der Waals surface area contributed by atoms with Gasteiger partial charge in [-0.05, 0) is 83.5 Å². The van der Waals surface area contributed by atoms with Crippen LogP contribution in [-0.2, 0) is 41.8 Å². The van der Waals surface area contributed by atoms with E-state index >= 15 is 0 Å². The molecule has 4 atom stereocenters. The summed E-state index contributed by atoms with van der Waals surface area (Å²) < 4.78 is 47.6. The fraction of sp³-hybridized carbons (Fsp3) is 0.565. The molecule has 2 unspecified atom stereocenters. The van der Waals surface area contributed by atoms with Crippen LogP contribution < -0.4 is 0 Å². The van der Waals surface area contributed by atoms with Crippen LogP contribution in [0.15, 0.2) is 109 Å². The molecule has 0 bridgehead atoms. The van der Waals surface area contributed by atoms with Crippen LogP contribution in [0.25, 0.3) is 0 Å². The second kappa shape index (κ2) is 40.5. The molecule has 0 spiro atoms. The summed E-state index contributed by atoms with van der Waals surface area (Å²) in [5.74, 6) is -1.22. The lowest BCUT2D eigenvalue weighted by Crippen LogP contribution is -2.29. The molecule has 0 amide bonds. The number of esters is 2. The SMILES string of the molecule is CC/C=C\C/C=C\CC(O)/C=C/C=C\C/C=C\C/C=C\CCC(=O)O[C@H](COC(=O)CCCC/C=C\C/C=C\C/C=C\CCCCC)COP(=O)(O)OC[C@@H](O)COP(=O)(O)O. The van der Waals surface area contributed by atoms with Crippen molar-refractivity contribution in [3.63, 3.8) is 0 Å². The topological polar surface area (TPSA) is 216 Å². The van der Waals surface area contributed by atoms with Crippen LogP contribution in [-0.4, -0.2) is 81.6 Å². The molecule has 16 heteroatoms. The first kappa shape index (κ1) is 58.7. The Morgan fingerprint density at radius 1 is 0.548 bits per heavy atom. The average Bonchev–Trinajstić information content (AvgIpc) is 3.23. The Morgan fingerprint density at radius 2 is 1.08 bits per heavy atom. The number of rotatable bonds is 39. The minimum atomic E-state index is -4.89. The van der Waals surface area contributed by atoms with E-state index in [0.29, 0.717) is 32.1 Å². The standard InChI is InChI=1S/C46H74O14P2/c1-3-5-7-9-11-12-13-14-15-16-17-21-24-28-32-36-45(49)56-40-44(41-59-62(54,55)58-39-43(48)38-57-61(51,52)53)60-46(50)37-33-29-25-22-19-18-20-23-27-31-35-42(47)34-30-26-10-8-6-4-2/h6,8,11-12,14-15,17-19,21,23,25-27,29-31,35,42-44,47-48H,3-5,7,9-10,13,16,20,22,24,28,32-34,36-41H2,1-2H3,(H,54,55)(H2,51,52,53)/b8-6-,12-11-,15-14-,19-18-,21-17-,27-23-,29-25-,30-26-,35-31+/t42?,43-,44+/m0/s1. The average molecular weight is 913 g/mol. The first-order valence-electron chi connectivity index (χ1n) is 21.7. The van der Waals surface area contributed by atoms with E-state index in [9.17, 15) is 33.8 Å². The largest absolute Gasteiger partial charge is 0.472 e. The highest BCUT2D eigenvalue weighted by Crippen LogP contribution is 2.43. The number of allylic oxidation sites excluding steroid dienone is 16. The fourth-order valence-corrected chi connectivity index (χ4v) is 6.09. The van der Waals surface area contributed by atoms with Gasteiger partial charge in [-0.25, -0.2) is 9.13 Å². The Bertz CT molecular complexity index is 1520. The summed E-state index contributed by atoms with van der Waals surface area (Å²) in [5, 5.41) is 19.7. The number of hydrogen-bond acceptors (Lipinski definition) is 11. The quantitative estimate of drug-likeness (QED) is 0.0128. The maximum absolute atomic E-state index is 12.6. The molecule has 0 saturated carbocycles.